The summed E-state index contributed by atoms with van der Waals surface area (Å²) in [7, 11) is 0. The second-order valence-electron chi connectivity index (χ2n) is 9.57. The highest BCUT2D eigenvalue weighted by atomic mass is 79.9. The van der Waals surface area contributed by atoms with E-state index in [1.807, 2.05) is 48.5 Å². The van der Waals surface area contributed by atoms with Crippen molar-refractivity contribution < 1.29 is 24.1 Å². The minimum absolute atomic E-state index is 0.194. The molecule has 43 heavy (non-hydrogen) atoms. The predicted molar refractivity (Wildman–Crippen MR) is 171 cm³/mol. The van der Waals surface area contributed by atoms with Crippen LogP contribution >= 0.6 is 39.3 Å². The predicted octanol–water partition coefficient (Wildman–Crippen LogP) is 6.95. The van der Waals surface area contributed by atoms with Gasteiger partial charge in [-0.05, 0) is 57.7 Å². The van der Waals surface area contributed by atoms with Gasteiger partial charge in [-0.2, -0.15) is 8.75 Å². The Balaban J connectivity index is 1.38. The summed E-state index contributed by atoms with van der Waals surface area (Å²) in [6.45, 7) is 2.23. The van der Waals surface area contributed by atoms with Crippen molar-refractivity contribution in [3.05, 3.63) is 105 Å². The monoisotopic (exact) mass is 681 g/mol. The van der Waals surface area contributed by atoms with Crippen LogP contribution in [0.15, 0.2) is 83.3 Å². The highest BCUT2D eigenvalue weighted by molar-refractivity contribution is 9.10. The lowest BCUT2D eigenvalue weighted by Crippen LogP contribution is -2.40. The molecule has 2 N–H and O–H groups in total. The molecular weight excluding hydrogens is 654 g/mol. The van der Waals surface area contributed by atoms with Gasteiger partial charge in [0.25, 0.3) is 0 Å². The van der Waals surface area contributed by atoms with Gasteiger partial charge in [-0.1, -0.05) is 66.2 Å². The van der Waals surface area contributed by atoms with Crippen LogP contribution in [-0.2, 0) is 29.3 Å². The molecule has 8 nitrogen and oxygen atoms in total. The Hall–Kier alpha value is -3.54. The van der Waals surface area contributed by atoms with Crippen LogP contribution in [0.2, 0.25) is 5.02 Å². The van der Waals surface area contributed by atoms with Gasteiger partial charge in [-0.25, -0.2) is 0 Å². The number of carbonyl (C=O) groups excluding carboxylic acids is 1. The van der Waals surface area contributed by atoms with Gasteiger partial charge in [-0.15, -0.1) is 0 Å². The van der Waals surface area contributed by atoms with E-state index in [2.05, 4.69) is 48.2 Å². The summed E-state index contributed by atoms with van der Waals surface area (Å²) < 4.78 is 27.0. The van der Waals surface area contributed by atoms with Crippen LogP contribution in [0.3, 0.4) is 0 Å². The van der Waals surface area contributed by atoms with Gasteiger partial charge in [0, 0.05) is 28.2 Å². The summed E-state index contributed by atoms with van der Waals surface area (Å²) in [6.07, 6.45) is 0. The Bertz CT molecular complexity index is 1700. The normalized spacial score (nSPS) is 11.8. The van der Waals surface area contributed by atoms with Gasteiger partial charge in [-0.3, -0.25) is 10.1 Å². The largest absolute Gasteiger partial charge is 0.488 e. The molecule has 0 bridgehead atoms. The fraction of sp³-hybridized carbons (Fsp3) is 0.219. The number of hydrogen-bond acceptors (Lipinski definition) is 9. The third kappa shape index (κ3) is 7.70. The molecule has 1 unspecified atom stereocenters. The molecule has 4 aromatic carbocycles. The molecule has 1 atom stereocenters. The van der Waals surface area contributed by atoms with Gasteiger partial charge in [0.05, 0.1) is 30.0 Å². The first-order valence-electron chi connectivity index (χ1n) is 13.6. The number of aromatic nitrogens is 2. The van der Waals surface area contributed by atoms with Crippen molar-refractivity contribution in [1.82, 2.24) is 14.1 Å². The topological polar surface area (TPSA) is 103 Å². The van der Waals surface area contributed by atoms with Crippen molar-refractivity contribution >= 4 is 56.3 Å². The van der Waals surface area contributed by atoms with E-state index in [-0.39, 0.29) is 26.4 Å². The molecule has 0 radical (unpaired) electrons. The van der Waals surface area contributed by atoms with Crippen LogP contribution in [0, 0.1) is 0 Å². The number of nitrogens with zero attached hydrogens (tertiary/aromatic N) is 2. The Morgan fingerprint density at radius 3 is 2.53 bits per heavy atom. The first kappa shape index (κ1) is 30.9. The van der Waals surface area contributed by atoms with Gasteiger partial charge in [0.15, 0.2) is 0 Å². The van der Waals surface area contributed by atoms with E-state index in [1.54, 1.807) is 19.1 Å². The van der Waals surface area contributed by atoms with E-state index in [1.165, 1.54) is 0 Å². The third-order valence-corrected chi connectivity index (χ3v) is 8.46. The molecule has 0 amide bonds. The number of hydrogen-bond donors (Lipinski definition) is 2. The highest BCUT2D eigenvalue weighted by Gasteiger charge is 2.20. The summed E-state index contributed by atoms with van der Waals surface area (Å²) in [5.74, 6) is 0.425. The number of esters is 1. The van der Waals surface area contributed by atoms with Crippen LogP contribution in [0.25, 0.3) is 22.2 Å². The first-order chi connectivity index (χ1) is 21.0. The molecule has 0 aliphatic rings. The number of ether oxygens (including phenoxy) is 3. The molecule has 0 fully saturated rings. The highest BCUT2D eigenvalue weighted by Crippen LogP contribution is 2.36. The summed E-state index contributed by atoms with van der Waals surface area (Å²) in [5, 5.41) is 13.1. The summed E-state index contributed by atoms with van der Waals surface area (Å²) >= 11 is 11.6. The van der Waals surface area contributed by atoms with Crippen LogP contribution in [0.5, 0.6) is 11.5 Å². The number of aliphatic hydroxyl groups is 1. The van der Waals surface area contributed by atoms with Crippen molar-refractivity contribution in [3.63, 3.8) is 0 Å². The van der Waals surface area contributed by atoms with Crippen molar-refractivity contribution in [1.29, 1.82) is 0 Å². The number of benzene rings is 4. The molecule has 0 spiro atoms. The quantitative estimate of drug-likeness (QED) is 0.129. The van der Waals surface area contributed by atoms with E-state index in [4.69, 9.17) is 25.8 Å². The second kappa shape index (κ2) is 14.8. The first-order valence-corrected chi connectivity index (χ1v) is 15.5. The second-order valence-corrected chi connectivity index (χ2v) is 11.3. The van der Waals surface area contributed by atoms with E-state index in [0.717, 1.165) is 49.5 Å². The number of halogens is 2. The minimum Gasteiger partial charge on any atom is -0.488 e. The van der Waals surface area contributed by atoms with Gasteiger partial charge in [0.2, 0.25) is 0 Å². The van der Waals surface area contributed by atoms with Crippen LogP contribution < -0.4 is 14.8 Å². The number of rotatable bonds is 13. The average molecular weight is 683 g/mol. The molecule has 5 rings (SSSR count). The SMILES string of the molecule is CCOC(=O)C(CO)NCc1cc(Cl)c(OCc2cccc(-c3ccccc3)c2Br)cc1OCc1ccc2nsnc2c1. The number of nitrogens with one attached hydrogen (secondary N) is 1. The molecule has 1 heterocycles. The zero-order valence-corrected chi connectivity index (χ0v) is 26.4. The maximum Gasteiger partial charge on any atom is 0.325 e. The zero-order valence-electron chi connectivity index (χ0n) is 23.3. The van der Waals surface area contributed by atoms with E-state index < -0.39 is 18.6 Å². The molecule has 0 aliphatic carbocycles. The molecule has 1 aromatic heterocycles. The fourth-order valence-corrected chi connectivity index (χ4v) is 5.79. The molecule has 222 valence electrons. The maximum absolute atomic E-state index is 12.2. The van der Waals surface area contributed by atoms with Crippen molar-refractivity contribution in [3.8, 4) is 22.6 Å². The average Bonchev–Trinajstić information content (AvgIpc) is 3.49. The third-order valence-electron chi connectivity index (χ3n) is 6.67. The molecule has 11 heteroatoms. The van der Waals surface area contributed by atoms with Gasteiger partial charge < -0.3 is 19.3 Å². The summed E-state index contributed by atoms with van der Waals surface area (Å²) in [4.78, 5) is 12.2. The van der Waals surface area contributed by atoms with Gasteiger partial charge in [0.1, 0.15) is 41.8 Å². The van der Waals surface area contributed by atoms with Crippen molar-refractivity contribution in [2.75, 3.05) is 13.2 Å². The van der Waals surface area contributed by atoms with Crippen molar-refractivity contribution in [2.24, 2.45) is 0 Å². The summed E-state index contributed by atoms with van der Waals surface area (Å²) in [6, 6.07) is 24.5. The lowest BCUT2D eigenvalue weighted by atomic mass is 10.0. The molecule has 5 aromatic rings. The lowest BCUT2D eigenvalue weighted by molar-refractivity contribution is -0.146. The fourth-order valence-electron chi connectivity index (χ4n) is 4.42. The Labute approximate surface area is 267 Å². The van der Waals surface area contributed by atoms with Crippen LogP contribution in [-0.4, -0.2) is 39.1 Å². The van der Waals surface area contributed by atoms with E-state index >= 15 is 0 Å². The van der Waals surface area contributed by atoms with Crippen molar-refractivity contribution in [2.45, 2.75) is 32.7 Å². The van der Waals surface area contributed by atoms with E-state index in [9.17, 15) is 9.90 Å². The zero-order chi connectivity index (χ0) is 30.2. The van der Waals surface area contributed by atoms with Crippen LogP contribution in [0.1, 0.15) is 23.6 Å². The minimum atomic E-state index is -0.892. The van der Waals surface area contributed by atoms with Gasteiger partial charge >= 0.3 is 5.97 Å². The molecule has 0 saturated heterocycles. The molecular formula is C32H29BrClN3O5S. The van der Waals surface area contributed by atoms with E-state index in [0.29, 0.717) is 22.1 Å². The Kier molecular flexibility index (Phi) is 10.6. The Morgan fingerprint density at radius 2 is 1.74 bits per heavy atom. The lowest BCUT2D eigenvalue weighted by Gasteiger charge is -2.19. The number of aliphatic hydroxyl groups excluding tert-OH is 1. The smallest absolute Gasteiger partial charge is 0.325 e. The number of fused-ring (bicyclic) bond motifs is 1. The Morgan fingerprint density at radius 1 is 0.953 bits per heavy atom. The molecule has 0 saturated carbocycles. The van der Waals surface area contributed by atoms with Crippen LogP contribution in [0.4, 0.5) is 0 Å². The standard InChI is InChI=1S/C32H29BrClN3O5S/c1-2-40-32(39)28(17-38)35-16-23-14-25(34)30(15-29(23)41-18-20-11-12-26-27(13-20)37-43-36-26)42-19-22-9-6-10-24(31(22)33)21-7-4-3-5-8-21/h3-15,28,35,38H,2,16-19H2,1H3. The molecule has 0 aliphatic heterocycles. The number of carbonyl (C=O) groups is 1. The maximum atomic E-state index is 12.2. The summed E-state index contributed by atoms with van der Waals surface area (Å²) in [5.41, 5.74) is 6.34.